The number of rotatable bonds is 6. The summed E-state index contributed by atoms with van der Waals surface area (Å²) in [6, 6.07) is 12.6. The fourth-order valence-corrected chi connectivity index (χ4v) is 2.15. The molecule has 0 atom stereocenters. The van der Waals surface area contributed by atoms with E-state index in [9.17, 15) is 4.79 Å². The van der Waals surface area contributed by atoms with Crippen molar-refractivity contribution < 1.29 is 14.3 Å². The summed E-state index contributed by atoms with van der Waals surface area (Å²) in [6.45, 7) is 0. The number of hydrogen-bond acceptors (Lipinski definition) is 4. The highest BCUT2D eigenvalue weighted by atomic mass is 35.5. The Hall–Kier alpha value is -2.53. The van der Waals surface area contributed by atoms with E-state index in [0.29, 0.717) is 16.5 Å². The van der Waals surface area contributed by atoms with Gasteiger partial charge in [0.1, 0.15) is 0 Å². The van der Waals surface area contributed by atoms with Gasteiger partial charge >= 0.3 is 0 Å². The standard InChI is InChI=1S/C17H17ClN2O3/c1-22-15-8-7-12(9-16(15)23-2)10-17(21)20-19-11-13-5-3-4-6-14(13)18/h3-9,11H,10H2,1-2H3,(H,20,21)/b19-11+. The van der Waals surface area contributed by atoms with Crippen LogP contribution >= 0.6 is 11.6 Å². The zero-order chi connectivity index (χ0) is 16.7. The molecule has 23 heavy (non-hydrogen) atoms. The zero-order valence-electron chi connectivity index (χ0n) is 12.9. The number of carbonyl (C=O) groups is 1. The molecular weight excluding hydrogens is 316 g/mol. The third kappa shape index (κ3) is 4.72. The summed E-state index contributed by atoms with van der Waals surface area (Å²) >= 11 is 6.00. The molecule has 1 N–H and O–H groups in total. The first-order valence-electron chi connectivity index (χ1n) is 6.91. The number of methoxy groups -OCH3 is 2. The largest absolute Gasteiger partial charge is 0.493 e. The summed E-state index contributed by atoms with van der Waals surface area (Å²) in [6.07, 6.45) is 1.69. The van der Waals surface area contributed by atoms with E-state index in [1.807, 2.05) is 18.2 Å². The maximum absolute atomic E-state index is 11.9. The minimum Gasteiger partial charge on any atom is -0.493 e. The topological polar surface area (TPSA) is 59.9 Å². The Morgan fingerprint density at radius 2 is 1.91 bits per heavy atom. The van der Waals surface area contributed by atoms with E-state index in [-0.39, 0.29) is 12.3 Å². The number of carbonyl (C=O) groups excluding carboxylic acids is 1. The predicted octanol–water partition coefficient (Wildman–Crippen LogP) is 3.05. The molecule has 0 aliphatic heterocycles. The van der Waals surface area contributed by atoms with Gasteiger partial charge < -0.3 is 9.47 Å². The number of amides is 1. The Bertz CT molecular complexity index is 717. The Morgan fingerprint density at radius 1 is 1.17 bits per heavy atom. The summed E-state index contributed by atoms with van der Waals surface area (Å²) in [4.78, 5) is 11.9. The number of nitrogens with zero attached hydrogens (tertiary/aromatic N) is 1. The second-order valence-electron chi connectivity index (χ2n) is 4.68. The van der Waals surface area contributed by atoms with Gasteiger partial charge in [-0.1, -0.05) is 35.9 Å². The van der Waals surface area contributed by atoms with Gasteiger partial charge in [0.25, 0.3) is 0 Å². The van der Waals surface area contributed by atoms with E-state index in [1.54, 1.807) is 38.5 Å². The van der Waals surface area contributed by atoms with Gasteiger partial charge in [-0.15, -0.1) is 0 Å². The lowest BCUT2D eigenvalue weighted by Gasteiger charge is -2.09. The third-order valence-electron chi connectivity index (χ3n) is 3.11. The van der Waals surface area contributed by atoms with Gasteiger partial charge in [0.15, 0.2) is 11.5 Å². The summed E-state index contributed by atoms with van der Waals surface area (Å²) in [5.74, 6) is 0.964. The average Bonchev–Trinajstić information content (AvgIpc) is 2.56. The molecular formula is C17H17ClN2O3. The molecule has 2 aromatic rings. The van der Waals surface area contributed by atoms with Gasteiger partial charge in [-0.25, -0.2) is 5.43 Å². The minimum atomic E-state index is -0.236. The van der Waals surface area contributed by atoms with Crippen molar-refractivity contribution in [3.8, 4) is 11.5 Å². The molecule has 120 valence electrons. The van der Waals surface area contributed by atoms with E-state index in [4.69, 9.17) is 21.1 Å². The van der Waals surface area contributed by atoms with E-state index in [2.05, 4.69) is 10.5 Å². The van der Waals surface area contributed by atoms with Crippen molar-refractivity contribution in [2.24, 2.45) is 5.10 Å². The lowest BCUT2D eigenvalue weighted by Crippen LogP contribution is -2.19. The first kappa shape index (κ1) is 16.8. The van der Waals surface area contributed by atoms with Crippen LogP contribution in [-0.4, -0.2) is 26.3 Å². The van der Waals surface area contributed by atoms with Gasteiger partial charge in [0, 0.05) is 10.6 Å². The Labute approximate surface area is 139 Å². The summed E-state index contributed by atoms with van der Waals surface area (Å²) in [5.41, 5.74) is 4.01. The molecule has 1 amide bonds. The van der Waals surface area contributed by atoms with Gasteiger partial charge in [-0.2, -0.15) is 5.10 Å². The van der Waals surface area contributed by atoms with Crippen molar-refractivity contribution in [2.45, 2.75) is 6.42 Å². The SMILES string of the molecule is COc1ccc(CC(=O)N/N=C/c2ccccc2Cl)cc1OC. The highest BCUT2D eigenvalue weighted by Gasteiger charge is 2.07. The van der Waals surface area contributed by atoms with Crippen LogP contribution in [0.5, 0.6) is 11.5 Å². The number of hydrogen-bond donors (Lipinski definition) is 1. The number of halogens is 1. The molecule has 0 heterocycles. The molecule has 5 nitrogen and oxygen atoms in total. The number of nitrogens with one attached hydrogen (secondary N) is 1. The van der Waals surface area contributed by atoms with Crippen LogP contribution in [0.3, 0.4) is 0 Å². The Morgan fingerprint density at radius 3 is 2.61 bits per heavy atom. The number of hydrazone groups is 1. The summed E-state index contributed by atoms with van der Waals surface area (Å²) < 4.78 is 10.4. The van der Waals surface area contributed by atoms with Crippen molar-refractivity contribution in [3.63, 3.8) is 0 Å². The lowest BCUT2D eigenvalue weighted by atomic mass is 10.1. The van der Waals surface area contributed by atoms with E-state index in [0.717, 1.165) is 11.1 Å². The predicted molar refractivity (Wildman–Crippen MR) is 90.4 cm³/mol. The van der Waals surface area contributed by atoms with Crippen LogP contribution in [0.4, 0.5) is 0 Å². The Kier molecular flexibility index (Phi) is 6.00. The average molecular weight is 333 g/mol. The smallest absolute Gasteiger partial charge is 0.244 e. The van der Waals surface area contributed by atoms with Gasteiger partial charge in [0.2, 0.25) is 5.91 Å². The van der Waals surface area contributed by atoms with Crippen molar-refractivity contribution in [2.75, 3.05) is 14.2 Å². The van der Waals surface area contributed by atoms with Crippen LogP contribution in [0.15, 0.2) is 47.6 Å². The minimum absolute atomic E-state index is 0.181. The van der Waals surface area contributed by atoms with Gasteiger partial charge in [-0.3, -0.25) is 4.79 Å². The molecule has 0 saturated heterocycles. The fraction of sp³-hybridized carbons (Fsp3) is 0.176. The Balaban J connectivity index is 1.96. The molecule has 0 bridgehead atoms. The third-order valence-corrected chi connectivity index (χ3v) is 3.45. The second kappa shape index (κ2) is 8.19. The molecule has 2 rings (SSSR count). The molecule has 0 aliphatic rings. The van der Waals surface area contributed by atoms with Crippen molar-refractivity contribution in [1.82, 2.24) is 5.43 Å². The zero-order valence-corrected chi connectivity index (χ0v) is 13.6. The second-order valence-corrected chi connectivity index (χ2v) is 5.09. The number of ether oxygens (including phenoxy) is 2. The molecule has 6 heteroatoms. The molecule has 0 fully saturated rings. The molecule has 0 aliphatic carbocycles. The van der Waals surface area contributed by atoms with Crippen LogP contribution in [-0.2, 0) is 11.2 Å². The first-order chi connectivity index (χ1) is 11.1. The van der Waals surface area contributed by atoms with E-state index in [1.165, 1.54) is 6.21 Å². The van der Waals surface area contributed by atoms with Crippen molar-refractivity contribution in [3.05, 3.63) is 58.6 Å². The van der Waals surface area contributed by atoms with E-state index < -0.39 is 0 Å². The van der Waals surface area contributed by atoms with E-state index >= 15 is 0 Å². The molecule has 0 spiro atoms. The fourth-order valence-electron chi connectivity index (χ4n) is 1.97. The van der Waals surface area contributed by atoms with Crippen LogP contribution in [0.2, 0.25) is 5.02 Å². The molecule has 0 saturated carbocycles. The summed E-state index contributed by atoms with van der Waals surface area (Å²) in [5, 5.41) is 4.48. The van der Waals surface area contributed by atoms with Gasteiger partial charge in [-0.05, 0) is 23.8 Å². The quantitative estimate of drug-likeness (QED) is 0.653. The molecule has 0 unspecified atom stereocenters. The normalized spacial score (nSPS) is 10.6. The number of benzene rings is 2. The van der Waals surface area contributed by atoms with Crippen LogP contribution in [0, 0.1) is 0 Å². The highest BCUT2D eigenvalue weighted by Crippen LogP contribution is 2.27. The monoisotopic (exact) mass is 332 g/mol. The summed E-state index contributed by atoms with van der Waals surface area (Å²) in [7, 11) is 3.11. The van der Waals surface area contributed by atoms with Crippen LogP contribution in [0.25, 0.3) is 0 Å². The van der Waals surface area contributed by atoms with Crippen molar-refractivity contribution >= 4 is 23.7 Å². The van der Waals surface area contributed by atoms with Crippen molar-refractivity contribution in [1.29, 1.82) is 0 Å². The van der Waals surface area contributed by atoms with Crippen LogP contribution < -0.4 is 14.9 Å². The van der Waals surface area contributed by atoms with Crippen LogP contribution in [0.1, 0.15) is 11.1 Å². The maximum Gasteiger partial charge on any atom is 0.244 e. The molecule has 0 aromatic heterocycles. The lowest BCUT2D eigenvalue weighted by molar-refractivity contribution is -0.120. The van der Waals surface area contributed by atoms with Gasteiger partial charge in [0.05, 0.1) is 26.9 Å². The maximum atomic E-state index is 11.9. The first-order valence-corrected chi connectivity index (χ1v) is 7.29. The molecule has 0 radical (unpaired) electrons. The highest BCUT2D eigenvalue weighted by molar-refractivity contribution is 6.33. The molecule has 2 aromatic carbocycles.